The Labute approximate surface area is 166 Å². The van der Waals surface area contributed by atoms with Gasteiger partial charge in [0.15, 0.2) is 0 Å². The van der Waals surface area contributed by atoms with Gasteiger partial charge >= 0.3 is 6.18 Å². The summed E-state index contributed by atoms with van der Waals surface area (Å²) in [7, 11) is 0. The molecule has 5 heteroatoms. The largest absolute Gasteiger partial charge is 0.416 e. The zero-order valence-corrected chi connectivity index (χ0v) is 16.7. The second-order valence-electron chi connectivity index (χ2n) is 8.28. The first-order valence-corrected chi connectivity index (χ1v) is 10.4. The van der Waals surface area contributed by atoms with Gasteiger partial charge in [-0.15, -0.1) is 0 Å². The predicted molar refractivity (Wildman–Crippen MR) is 109 cm³/mol. The van der Waals surface area contributed by atoms with E-state index in [1.165, 1.54) is 12.1 Å². The summed E-state index contributed by atoms with van der Waals surface area (Å²) in [4.78, 5) is 0. The van der Waals surface area contributed by atoms with Crippen LogP contribution in [0.1, 0.15) is 56.6 Å². The Bertz CT molecular complexity index is 723. The minimum absolute atomic E-state index is 0.118. The van der Waals surface area contributed by atoms with Crippen molar-refractivity contribution in [2.24, 2.45) is 23.5 Å². The predicted octanol–water partition coefficient (Wildman–Crippen LogP) is 6.12. The van der Waals surface area contributed by atoms with E-state index in [2.05, 4.69) is 43.5 Å². The number of halogens is 3. The molecule has 3 N–H and O–H groups in total. The van der Waals surface area contributed by atoms with E-state index in [1.54, 1.807) is 6.07 Å². The normalized spacial score (nSPS) is 27.9. The average Bonchev–Trinajstić information content (AvgIpc) is 2.70. The van der Waals surface area contributed by atoms with Crippen LogP contribution in [0.3, 0.4) is 0 Å². The Morgan fingerprint density at radius 3 is 2.64 bits per heavy atom. The quantitative estimate of drug-likeness (QED) is 0.612. The van der Waals surface area contributed by atoms with Gasteiger partial charge in [-0.2, -0.15) is 13.2 Å². The highest BCUT2D eigenvalue weighted by atomic mass is 19.4. The highest BCUT2D eigenvalue weighted by Gasteiger charge is 2.40. The standard InChI is InChI=1S/C23H31F3N2/c1-3-18-19(11-9-15(2)14-27)22(16-7-5-4-6-8-16)28-21-12-10-17(13-20(18)21)23(24,25)26/h4-7,10,12-13,15-16,18-19,22,28H,3,8-9,11,14,27H2,1-2H3/t15-,16?,18+,19-,22+/m1/s1. The van der Waals surface area contributed by atoms with E-state index < -0.39 is 11.7 Å². The van der Waals surface area contributed by atoms with Gasteiger partial charge in [-0.25, -0.2) is 0 Å². The number of rotatable bonds is 6. The number of fused-ring (bicyclic) bond motifs is 1. The van der Waals surface area contributed by atoms with E-state index in [4.69, 9.17) is 5.73 Å². The lowest BCUT2D eigenvalue weighted by Gasteiger charge is -2.44. The Morgan fingerprint density at radius 2 is 2.04 bits per heavy atom. The zero-order valence-electron chi connectivity index (χ0n) is 16.7. The highest BCUT2D eigenvalue weighted by molar-refractivity contribution is 5.58. The second-order valence-corrected chi connectivity index (χ2v) is 8.28. The second kappa shape index (κ2) is 8.73. The maximum absolute atomic E-state index is 13.3. The van der Waals surface area contributed by atoms with Gasteiger partial charge in [0.1, 0.15) is 0 Å². The Hall–Kier alpha value is -1.75. The lowest BCUT2D eigenvalue weighted by molar-refractivity contribution is -0.137. The molecule has 3 rings (SSSR count). The third kappa shape index (κ3) is 4.45. The number of hydrogen-bond donors (Lipinski definition) is 2. The number of anilines is 1. The zero-order chi connectivity index (χ0) is 20.3. The monoisotopic (exact) mass is 392 g/mol. The molecule has 28 heavy (non-hydrogen) atoms. The molecule has 0 spiro atoms. The molecule has 5 atom stereocenters. The van der Waals surface area contributed by atoms with Gasteiger partial charge < -0.3 is 11.1 Å². The molecule has 1 aromatic carbocycles. The van der Waals surface area contributed by atoms with Gasteiger partial charge in [0, 0.05) is 17.6 Å². The molecule has 0 fully saturated rings. The van der Waals surface area contributed by atoms with Gasteiger partial charge in [0.2, 0.25) is 0 Å². The number of alkyl halides is 3. The third-order valence-corrected chi connectivity index (χ3v) is 6.39. The third-order valence-electron chi connectivity index (χ3n) is 6.39. The summed E-state index contributed by atoms with van der Waals surface area (Å²) in [5, 5.41) is 3.62. The topological polar surface area (TPSA) is 38.0 Å². The molecular formula is C23H31F3N2. The molecule has 0 saturated carbocycles. The number of benzene rings is 1. The summed E-state index contributed by atoms with van der Waals surface area (Å²) in [6, 6.07) is 4.40. The summed E-state index contributed by atoms with van der Waals surface area (Å²) in [6.07, 6.45) is 8.00. The van der Waals surface area contributed by atoms with Gasteiger partial charge in [0.05, 0.1) is 5.56 Å². The van der Waals surface area contributed by atoms with Gasteiger partial charge in [-0.1, -0.05) is 38.2 Å². The molecule has 1 unspecified atom stereocenters. The maximum Gasteiger partial charge on any atom is 0.416 e. The molecule has 154 valence electrons. The minimum atomic E-state index is -4.31. The Balaban J connectivity index is 1.97. The fourth-order valence-corrected chi connectivity index (χ4v) is 4.73. The number of allylic oxidation sites excluding steroid dienone is 3. The summed E-state index contributed by atoms with van der Waals surface area (Å²) < 4.78 is 39.9. The van der Waals surface area contributed by atoms with Crippen molar-refractivity contribution in [1.29, 1.82) is 0 Å². The molecule has 1 aliphatic carbocycles. The fraction of sp³-hybridized carbons (Fsp3) is 0.565. The van der Waals surface area contributed by atoms with Crippen LogP contribution in [0.15, 0.2) is 42.5 Å². The van der Waals surface area contributed by atoms with E-state index in [0.29, 0.717) is 18.4 Å². The molecule has 0 aromatic heterocycles. The van der Waals surface area contributed by atoms with E-state index in [-0.39, 0.29) is 17.9 Å². The summed E-state index contributed by atoms with van der Waals surface area (Å²) >= 11 is 0. The minimum Gasteiger partial charge on any atom is -0.381 e. The Kier molecular flexibility index (Phi) is 6.54. The molecular weight excluding hydrogens is 361 g/mol. The first-order valence-electron chi connectivity index (χ1n) is 10.4. The van der Waals surface area contributed by atoms with E-state index >= 15 is 0 Å². The molecule has 1 aromatic rings. The molecule has 0 bridgehead atoms. The molecule has 2 nitrogen and oxygen atoms in total. The molecule has 0 saturated heterocycles. The van der Waals surface area contributed by atoms with Gasteiger partial charge in [-0.3, -0.25) is 0 Å². The van der Waals surface area contributed by atoms with E-state index in [9.17, 15) is 13.2 Å². The average molecular weight is 393 g/mol. The van der Waals surface area contributed by atoms with Crippen molar-refractivity contribution in [1.82, 2.24) is 0 Å². The smallest absolute Gasteiger partial charge is 0.381 e. The summed E-state index contributed by atoms with van der Waals surface area (Å²) in [5.74, 6) is 1.18. The van der Waals surface area contributed by atoms with Crippen LogP contribution in [0, 0.1) is 17.8 Å². The molecule has 0 amide bonds. The summed E-state index contributed by atoms with van der Waals surface area (Å²) in [6.45, 7) is 4.88. The van der Waals surface area contributed by atoms with Crippen molar-refractivity contribution in [3.05, 3.63) is 53.6 Å². The fourth-order valence-electron chi connectivity index (χ4n) is 4.73. The summed E-state index contributed by atoms with van der Waals surface area (Å²) in [5.41, 5.74) is 6.93. The van der Waals surface area contributed by atoms with Gasteiger partial charge in [0.25, 0.3) is 0 Å². The van der Waals surface area contributed by atoms with Crippen LogP contribution >= 0.6 is 0 Å². The van der Waals surface area contributed by atoms with Crippen LogP contribution in [0.5, 0.6) is 0 Å². The van der Waals surface area contributed by atoms with Crippen molar-refractivity contribution in [2.45, 2.75) is 57.7 Å². The van der Waals surface area contributed by atoms with Crippen LogP contribution in [-0.2, 0) is 6.18 Å². The van der Waals surface area contributed by atoms with Crippen LogP contribution in [-0.4, -0.2) is 12.6 Å². The first-order chi connectivity index (χ1) is 13.3. The lowest BCUT2D eigenvalue weighted by Crippen LogP contribution is -2.43. The van der Waals surface area contributed by atoms with Crippen molar-refractivity contribution < 1.29 is 13.2 Å². The van der Waals surface area contributed by atoms with E-state index in [0.717, 1.165) is 36.9 Å². The molecule has 1 aliphatic heterocycles. The van der Waals surface area contributed by atoms with Crippen LogP contribution in [0.2, 0.25) is 0 Å². The highest BCUT2D eigenvalue weighted by Crippen LogP contribution is 2.47. The van der Waals surface area contributed by atoms with Gasteiger partial charge in [-0.05, 0) is 73.7 Å². The van der Waals surface area contributed by atoms with Crippen LogP contribution in [0.25, 0.3) is 0 Å². The van der Waals surface area contributed by atoms with Crippen molar-refractivity contribution in [3.8, 4) is 0 Å². The first kappa shape index (κ1) is 21.0. The SMILES string of the molecule is CC[C@@H]1c2cc(C(F)(F)F)ccc2N[C@@H](C2C=CC=CC2)[C@@H]1CC[C@@H](C)CN. The lowest BCUT2D eigenvalue weighted by atomic mass is 9.68. The number of hydrogen-bond acceptors (Lipinski definition) is 2. The maximum atomic E-state index is 13.3. The van der Waals surface area contributed by atoms with Crippen molar-refractivity contribution in [2.75, 3.05) is 11.9 Å². The van der Waals surface area contributed by atoms with Crippen molar-refractivity contribution in [3.63, 3.8) is 0 Å². The number of nitrogens with one attached hydrogen (secondary N) is 1. The molecule has 0 radical (unpaired) electrons. The molecule has 2 aliphatic rings. The Morgan fingerprint density at radius 1 is 1.25 bits per heavy atom. The van der Waals surface area contributed by atoms with Crippen LogP contribution < -0.4 is 11.1 Å². The number of nitrogens with two attached hydrogens (primary N) is 1. The molecule has 1 heterocycles. The van der Waals surface area contributed by atoms with Crippen LogP contribution in [0.4, 0.5) is 18.9 Å². The van der Waals surface area contributed by atoms with Crippen molar-refractivity contribution >= 4 is 5.69 Å². The van der Waals surface area contributed by atoms with E-state index in [1.807, 2.05) is 0 Å².